The van der Waals surface area contributed by atoms with E-state index in [1.807, 2.05) is 36.1 Å². The van der Waals surface area contributed by atoms with Crippen molar-refractivity contribution >= 4 is 28.9 Å². The highest BCUT2D eigenvalue weighted by molar-refractivity contribution is 7.80. The topological polar surface area (TPSA) is 54.1 Å². The molecule has 4 rings (SSSR count). The highest BCUT2D eigenvalue weighted by Crippen LogP contribution is 2.48. The van der Waals surface area contributed by atoms with Crippen LogP contribution in [0.3, 0.4) is 0 Å². The Morgan fingerprint density at radius 3 is 2.41 bits per heavy atom. The van der Waals surface area contributed by atoms with Gasteiger partial charge >= 0.3 is 6.18 Å². The Kier molecular flexibility index (Phi) is 4.54. The number of halogens is 3. The Balaban J connectivity index is 1.71. The Bertz CT molecular complexity index is 981. The molecule has 2 fully saturated rings. The summed E-state index contributed by atoms with van der Waals surface area (Å²) in [7, 11) is 0. The smallest absolute Gasteiger partial charge is 0.305 e. The van der Waals surface area contributed by atoms with Crippen molar-refractivity contribution in [2.45, 2.75) is 50.4 Å². The molecule has 4 nitrogen and oxygen atoms in total. The molecule has 1 saturated heterocycles. The average molecular weight is 416 g/mol. The molecule has 8 heteroatoms. The molecule has 0 amide bonds. The summed E-state index contributed by atoms with van der Waals surface area (Å²) in [5.41, 5.74) is 0.0978. The van der Waals surface area contributed by atoms with Crippen LogP contribution in [0.25, 0.3) is 0 Å². The number of nitriles is 1. The van der Waals surface area contributed by atoms with Crippen molar-refractivity contribution in [3.63, 3.8) is 0 Å². The maximum Gasteiger partial charge on any atom is 0.414 e. The van der Waals surface area contributed by atoms with Crippen molar-refractivity contribution in [2.75, 3.05) is 4.90 Å². The lowest BCUT2D eigenvalue weighted by Crippen LogP contribution is -2.55. The maximum atomic E-state index is 13.5. The van der Waals surface area contributed by atoms with E-state index in [-0.39, 0.29) is 11.4 Å². The summed E-state index contributed by atoms with van der Waals surface area (Å²) in [4.78, 5) is 3.46. The van der Waals surface area contributed by atoms with Crippen molar-refractivity contribution in [1.82, 2.24) is 4.90 Å². The zero-order chi connectivity index (χ0) is 21.0. The summed E-state index contributed by atoms with van der Waals surface area (Å²) in [6.45, 7) is 1.98. The van der Waals surface area contributed by atoms with E-state index in [4.69, 9.17) is 22.9 Å². The fourth-order valence-corrected chi connectivity index (χ4v) is 4.80. The van der Waals surface area contributed by atoms with Gasteiger partial charge in [0, 0.05) is 12.1 Å². The first kappa shape index (κ1) is 19.6. The first-order valence-corrected chi connectivity index (χ1v) is 9.77. The SMILES string of the molecule is Cc1ccc(N2C(=S)N(C3C=CC(C#N)=C(C(F)(F)F)C3)C(=N)C23CCC3)cc1. The van der Waals surface area contributed by atoms with Crippen LogP contribution < -0.4 is 4.90 Å². The Morgan fingerprint density at radius 1 is 1.24 bits per heavy atom. The second-order valence-corrected chi connectivity index (χ2v) is 8.05. The quantitative estimate of drug-likeness (QED) is 0.689. The largest absolute Gasteiger partial charge is 0.414 e. The van der Waals surface area contributed by atoms with E-state index in [0.29, 0.717) is 5.11 Å². The molecule has 1 unspecified atom stereocenters. The van der Waals surface area contributed by atoms with E-state index in [0.717, 1.165) is 30.5 Å². The Labute approximate surface area is 172 Å². The van der Waals surface area contributed by atoms with Gasteiger partial charge in [0.1, 0.15) is 11.4 Å². The predicted molar refractivity (Wildman–Crippen MR) is 109 cm³/mol. The van der Waals surface area contributed by atoms with E-state index < -0.39 is 29.8 Å². The summed E-state index contributed by atoms with van der Waals surface area (Å²) in [6.07, 6.45) is 0.171. The van der Waals surface area contributed by atoms with Crippen LogP contribution in [0.5, 0.6) is 0 Å². The fourth-order valence-electron chi connectivity index (χ4n) is 4.29. The van der Waals surface area contributed by atoms with Gasteiger partial charge in [0.2, 0.25) is 0 Å². The van der Waals surface area contributed by atoms with Gasteiger partial charge in [-0.25, -0.2) is 0 Å². The lowest BCUT2D eigenvalue weighted by Gasteiger charge is -2.44. The van der Waals surface area contributed by atoms with Gasteiger partial charge in [0.05, 0.1) is 23.3 Å². The first-order valence-electron chi connectivity index (χ1n) is 9.37. The number of hydrogen-bond donors (Lipinski definition) is 1. The van der Waals surface area contributed by atoms with Gasteiger partial charge in [-0.2, -0.15) is 18.4 Å². The molecule has 0 aromatic heterocycles. The molecule has 0 bridgehead atoms. The number of amidine groups is 1. The van der Waals surface area contributed by atoms with Crippen LogP contribution >= 0.6 is 12.2 Å². The normalized spacial score (nSPS) is 23.6. The van der Waals surface area contributed by atoms with Gasteiger partial charge in [-0.1, -0.05) is 23.8 Å². The molecule has 0 radical (unpaired) electrons. The standard InChI is InChI=1S/C21H19F3N4S/c1-13-3-6-15(7-4-13)28-19(29)27(18(26)20(28)9-2-10-20)16-8-5-14(12-25)17(11-16)21(22,23)24/h3-8,16,26H,2,9-11H2,1H3. The van der Waals surface area contributed by atoms with Crippen LogP contribution in [0.4, 0.5) is 18.9 Å². The number of aryl methyl sites for hydroxylation is 1. The number of hydrogen-bond acceptors (Lipinski definition) is 3. The lowest BCUT2D eigenvalue weighted by atomic mass is 9.74. The number of rotatable bonds is 2. The summed E-state index contributed by atoms with van der Waals surface area (Å²) in [5, 5.41) is 18.2. The second kappa shape index (κ2) is 6.70. The van der Waals surface area contributed by atoms with Crippen molar-refractivity contribution in [3.8, 4) is 6.07 Å². The lowest BCUT2D eigenvalue weighted by molar-refractivity contribution is -0.0953. The third-order valence-corrected chi connectivity index (χ3v) is 6.38. The molecular formula is C21H19F3N4S. The van der Waals surface area contributed by atoms with E-state index in [9.17, 15) is 13.2 Å². The second-order valence-electron chi connectivity index (χ2n) is 7.69. The molecule has 1 atom stereocenters. The summed E-state index contributed by atoms with van der Waals surface area (Å²) < 4.78 is 40.5. The number of benzene rings is 1. The van der Waals surface area contributed by atoms with Crippen LogP contribution in [-0.2, 0) is 0 Å². The monoisotopic (exact) mass is 416 g/mol. The molecule has 1 aromatic carbocycles. The summed E-state index contributed by atoms with van der Waals surface area (Å²) in [5.74, 6) is 0.242. The molecule has 2 aliphatic carbocycles. The number of nitrogens with one attached hydrogen (secondary N) is 1. The number of anilines is 1. The zero-order valence-corrected chi connectivity index (χ0v) is 16.6. The molecule has 29 heavy (non-hydrogen) atoms. The molecule has 1 spiro atoms. The van der Waals surface area contributed by atoms with Gasteiger partial charge < -0.3 is 4.90 Å². The highest BCUT2D eigenvalue weighted by atomic mass is 32.1. The van der Waals surface area contributed by atoms with Crippen LogP contribution in [0.1, 0.15) is 31.2 Å². The van der Waals surface area contributed by atoms with Gasteiger partial charge in [0.25, 0.3) is 0 Å². The highest BCUT2D eigenvalue weighted by Gasteiger charge is 2.58. The minimum absolute atomic E-state index is 0.242. The zero-order valence-electron chi connectivity index (χ0n) is 15.8. The third kappa shape index (κ3) is 2.96. The van der Waals surface area contributed by atoms with Crippen molar-refractivity contribution in [1.29, 1.82) is 10.7 Å². The average Bonchev–Trinajstić information content (AvgIpc) is 2.88. The van der Waals surface area contributed by atoms with Crippen molar-refractivity contribution in [2.24, 2.45) is 0 Å². The van der Waals surface area contributed by atoms with E-state index in [2.05, 4.69) is 0 Å². The predicted octanol–water partition coefficient (Wildman–Crippen LogP) is 5.01. The van der Waals surface area contributed by atoms with Crippen LogP contribution in [-0.4, -0.2) is 33.6 Å². The number of allylic oxidation sites excluding steroid dienone is 2. The van der Waals surface area contributed by atoms with Gasteiger partial charge in [-0.15, -0.1) is 0 Å². The minimum Gasteiger partial charge on any atom is -0.305 e. The van der Waals surface area contributed by atoms with Crippen molar-refractivity contribution in [3.05, 3.63) is 53.1 Å². The Hall–Kier alpha value is -2.66. The van der Waals surface area contributed by atoms with Crippen LogP contribution in [0.2, 0.25) is 0 Å². The van der Waals surface area contributed by atoms with Crippen LogP contribution in [0, 0.1) is 23.7 Å². The van der Waals surface area contributed by atoms with Gasteiger partial charge in [-0.05, 0) is 56.6 Å². The number of nitrogens with zero attached hydrogens (tertiary/aromatic N) is 3. The maximum absolute atomic E-state index is 13.5. The van der Waals surface area contributed by atoms with Crippen molar-refractivity contribution < 1.29 is 13.2 Å². The molecule has 1 heterocycles. The first-order chi connectivity index (χ1) is 13.7. The Morgan fingerprint density at radius 2 is 1.90 bits per heavy atom. The van der Waals surface area contributed by atoms with Gasteiger partial charge in [0.15, 0.2) is 5.11 Å². The third-order valence-electron chi connectivity index (χ3n) is 6.00. The van der Waals surface area contributed by atoms with E-state index >= 15 is 0 Å². The minimum atomic E-state index is -4.59. The molecule has 1 N–H and O–H groups in total. The summed E-state index contributed by atoms with van der Waals surface area (Å²) in [6, 6.07) is 8.68. The van der Waals surface area contributed by atoms with E-state index in [1.54, 1.807) is 12.1 Å². The molecule has 1 aromatic rings. The number of alkyl halides is 3. The molecule has 1 saturated carbocycles. The summed E-state index contributed by atoms with van der Waals surface area (Å²) >= 11 is 5.69. The number of thiocarbonyl (C=S) groups is 1. The fraction of sp³-hybridized carbons (Fsp3) is 0.381. The van der Waals surface area contributed by atoms with E-state index in [1.165, 1.54) is 11.0 Å². The molecular weight excluding hydrogens is 397 g/mol. The van der Waals surface area contributed by atoms with Crippen LogP contribution in [0.15, 0.2) is 47.6 Å². The molecule has 1 aliphatic heterocycles. The molecule has 150 valence electrons. The van der Waals surface area contributed by atoms with Gasteiger partial charge in [-0.3, -0.25) is 10.3 Å². The molecule has 3 aliphatic rings.